The fraction of sp³-hybridized carbons (Fsp3) is 0.200. The summed E-state index contributed by atoms with van der Waals surface area (Å²) >= 11 is 12.0. The van der Waals surface area contributed by atoms with Gasteiger partial charge in [0, 0.05) is 24.8 Å². The number of amides is 1. The van der Waals surface area contributed by atoms with Gasteiger partial charge >= 0.3 is 5.69 Å². The molecule has 0 atom stereocenters. The zero-order valence-electron chi connectivity index (χ0n) is 13.3. The number of hydrogen-bond acceptors (Lipinski definition) is 4. The monoisotopic (exact) mass is 381 g/mol. The summed E-state index contributed by atoms with van der Waals surface area (Å²) in [4.78, 5) is 40.7. The van der Waals surface area contributed by atoms with Crippen molar-refractivity contribution in [3.05, 3.63) is 55.4 Å². The van der Waals surface area contributed by atoms with E-state index in [0.29, 0.717) is 10.7 Å². The van der Waals surface area contributed by atoms with Gasteiger partial charge in [0.25, 0.3) is 5.56 Å². The van der Waals surface area contributed by atoms with Crippen LogP contribution < -0.4 is 16.6 Å². The molecule has 2 aromatic heterocycles. The summed E-state index contributed by atoms with van der Waals surface area (Å²) in [5, 5.41) is 3.08. The Labute approximate surface area is 151 Å². The minimum Gasteiger partial charge on any atom is -0.324 e. The van der Waals surface area contributed by atoms with Crippen molar-refractivity contribution >= 4 is 46.0 Å². The maximum absolute atomic E-state index is 12.4. The molecule has 0 fully saturated rings. The standard InChI is InChI=1S/C15H13Cl2N5O3/c1-20-12-11(13(24)21(2)15(20)25)22(14(17)19-12)7-10(23)18-9-5-3-4-8(16)6-9/h3-6H,7H2,1-2H3,(H,18,23). The molecular weight excluding hydrogens is 369 g/mol. The van der Waals surface area contributed by atoms with Gasteiger partial charge in [-0.25, -0.2) is 4.79 Å². The van der Waals surface area contributed by atoms with E-state index in [0.717, 1.165) is 4.57 Å². The third-order valence-corrected chi connectivity index (χ3v) is 4.24. The highest BCUT2D eigenvalue weighted by molar-refractivity contribution is 6.31. The van der Waals surface area contributed by atoms with Crippen LogP contribution in [0, 0.1) is 0 Å². The number of benzene rings is 1. The summed E-state index contributed by atoms with van der Waals surface area (Å²) in [6.07, 6.45) is 0. The maximum Gasteiger partial charge on any atom is 0.332 e. The number of aromatic nitrogens is 4. The van der Waals surface area contributed by atoms with Gasteiger partial charge in [0.15, 0.2) is 11.2 Å². The van der Waals surface area contributed by atoms with Gasteiger partial charge in [-0.2, -0.15) is 4.98 Å². The summed E-state index contributed by atoms with van der Waals surface area (Å²) in [6, 6.07) is 6.65. The van der Waals surface area contributed by atoms with Crippen LogP contribution in [0.25, 0.3) is 11.2 Å². The molecule has 0 saturated carbocycles. The lowest BCUT2D eigenvalue weighted by molar-refractivity contribution is -0.116. The van der Waals surface area contributed by atoms with E-state index >= 15 is 0 Å². The van der Waals surface area contributed by atoms with Crippen LogP contribution in [0.4, 0.5) is 5.69 Å². The molecule has 2 heterocycles. The largest absolute Gasteiger partial charge is 0.332 e. The van der Waals surface area contributed by atoms with Crippen LogP contribution in [0.1, 0.15) is 0 Å². The fourth-order valence-corrected chi connectivity index (χ4v) is 2.89. The smallest absolute Gasteiger partial charge is 0.324 e. The Kier molecular flexibility index (Phi) is 4.40. The summed E-state index contributed by atoms with van der Waals surface area (Å²) in [5.74, 6) is -0.417. The second kappa shape index (κ2) is 6.38. The number of halogens is 2. The first-order valence-electron chi connectivity index (χ1n) is 7.16. The summed E-state index contributed by atoms with van der Waals surface area (Å²) < 4.78 is 3.40. The number of imidazole rings is 1. The van der Waals surface area contributed by atoms with Crippen molar-refractivity contribution in [1.29, 1.82) is 0 Å². The fourth-order valence-electron chi connectivity index (χ4n) is 2.47. The summed E-state index contributed by atoms with van der Waals surface area (Å²) in [7, 11) is 2.82. The van der Waals surface area contributed by atoms with E-state index in [1.54, 1.807) is 24.3 Å². The summed E-state index contributed by atoms with van der Waals surface area (Å²) in [5.41, 5.74) is -0.391. The topological polar surface area (TPSA) is 90.9 Å². The van der Waals surface area contributed by atoms with E-state index in [2.05, 4.69) is 10.3 Å². The number of carbonyl (C=O) groups excluding carboxylic acids is 1. The van der Waals surface area contributed by atoms with Crippen LogP contribution in [0.5, 0.6) is 0 Å². The highest BCUT2D eigenvalue weighted by atomic mass is 35.5. The number of hydrogen-bond donors (Lipinski definition) is 1. The Hall–Kier alpha value is -2.58. The Morgan fingerprint density at radius 3 is 2.60 bits per heavy atom. The average molecular weight is 382 g/mol. The number of rotatable bonds is 3. The van der Waals surface area contributed by atoms with E-state index in [9.17, 15) is 14.4 Å². The number of nitrogens with one attached hydrogen (secondary N) is 1. The van der Waals surface area contributed by atoms with Crippen molar-refractivity contribution in [3.63, 3.8) is 0 Å². The van der Waals surface area contributed by atoms with Gasteiger partial charge in [0.1, 0.15) is 6.54 Å². The Bertz CT molecular complexity index is 1110. The minimum absolute atomic E-state index is 0.0606. The predicted octanol–water partition coefficient (Wildman–Crippen LogP) is 1.38. The van der Waals surface area contributed by atoms with Crippen molar-refractivity contribution in [1.82, 2.24) is 18.7 Å². The number of fused-ring (bicyclic) bond motifs is 1. The number of anilines is 1. The lowest BCUT2D eigenvalue weighted by atomic mass is 10.3. The zero-order chi connectivity index (χ0) is 18.3. The first-order valence-corrected chi connectivity index (χ1v) is 7.92. The van der Waals surface area contributed by atoms with Crippen molar-refractivity contribution < 1.29 is 4.79 Å². The lowest BCUT2D eigenvalue weighted by Crippen LogP contribution is -2.37. The Morgan fingerprint density at radius 1 is 1.20 bits per heavy atom. The Morgan fingerprint density at radius 2 is 1.92 bits per heavy atom. The van der Waals surface area contributed by atoms with Gasteiger partial charge in [0.05, 0.1) is 0 Å². The molecule has 1 amide bonds. The molecule has 0 spiro atoms. The highest BCUT2D eigenvalue weighted by Gasteiger charge is 2.19. The molecule has 25 heavy (non-hydrogen) atoms. The number of carbonyl (C=O) groups is 1. The second-order valence-electron chi connectivity index (χ2n) is 5.40. The molecule has 8 nitrogen and oxygen atoms in total. The normalized spacial score (nSPS) is 11.0. The lowest BCUT2D eigenvalue weighted by Gasteiger charge is -2.08. The molecule has 3 rings (SSSR count). The van der Waals surface area contributed by atoms with Crippen LogP contribution in [0.15, 0.2) is 33.9 Å². The predicted molar refractivity (Wildman–Crippen MR) is 95.3 cm³/mol. The van der Waals surface area contributed by atoms with E-state index < -0.39 is 17.2 Å². The van der Waals surface area contributed by atoms with Crippen LogP contribution in [-0.2, 0) is 25.4 Å². The third kappa shape index (κ3) is 3.06. The molecule has 0 aliphatic rings. The van der Waals surface area contributed by atoms with Crippen LogP contribution >= 0.6 is 23.2 Å². The first kappa shape index (κ1) is 17.2. The molecule has 130 valence electrons. The van der Waals surface area contributed by atoms with Crippen molar-refractivity contribution in [2.75, 3.05) is 5.32 Å². The molecule has 0 aliphatic heterocycles. The van der Waals surface area contributed by atoms with Crippen LogP contribution in [0.3, 0.4) is 0 Å². The van der Waals surface area contributed by atoms with Crippen molar-refractivity contribution in [3.8, 4) is 0 Å². The molecule has 0 aliphatic carbocycles. The van der Waals surface area contributed by atoms with Gasteiger partial charge in [-0.05, 0) is 29.8 Å². The number of nitrogens with zero attached hydrogens (tertiary/aromatic N) is 4. The van der Waals surface area contributed by atoms with Gasteiger partial charge < -0.3 is 5.32 Å². The first-order chi connectivity index (χ1) is 11.8. The van der Waals surface area contributed by atoms with Gasteiger partial charge in [-0.15, -0.1) is 0 Å². The molecule has 0 radical (unpaired) electrons. The summed E-state index contributed by atoms with van der Waals surface area (Å²) in [6.45, 7) is -0.241. The quantitative estimate of drug-likeness (QED) is 0.693. The Balaban J connectivity index is 2.02. The molecule has 3 aromatic rings. The molecule has 1 aromatic carbocycles. The third-order valence-electron chi connectivity index (χ3n) is 3.71. The van der Waals surface area contributed by atoms with Crippen molar-refractivity contribution in [2.45, 2.75) is 6.54 Å². The molecule has 0 unspecified atom stereocenters. The van der Waals surface area contributed by atoms with Crippen LogP contribution in [-0.4, -0.2) is 24.6 Å². The molecule has 0 saturated heterocycles. The van der Waals surface area contributed by atoms with Gasteiger partial charge in [0.2, 0.25) is 11.2 Å². The number of aryl methyl sites for hydroxylation is 1. The van der Waals surface area contributed by atoms with E-state index in [1.165, 1.54) is 23.2 Å². The van der Waals surface area contributed by atoms with E-state index in [1.807, 2.05) is 0 Å². The van der Waals surface area contributed by atoms with Gasteiger partial charge in [-0.3, -0.25) is 23.3 Å². The average Bonchev–Trinajstić information content (AvgIpc) is 2.88. The SMILES string of the molecule is Cn1c(=O)c2c(nc(Cl)n2CC(=O)Nc2cccc(Cl)c2)n(C)c1=O. The van der Waals surface area contributed by atoms with Crippen molar-refractivity contribution in [2.24, 2.45) is 14.1 Å². The second-order valence-corrected chi connectivity index (χ2v) is 6.18. The molecule has 0 bridgehead atoms. The molecule has 1 N–H and O–H groups in total. The zero-order valence-corrected chi connectivity index (χ0v) is 14.8. The molecule has 10 heteroatoms. The molecular formula is C15H13Cl2N5O3. The highest BCUT2D eigenvalue weighted by Crippen LogP contribution is 2.17. The minimum atomic E-state index is -0.576. The van der Waals surface area contributed by atoms with Gasteiger partial charge in [-0.1, -0.05) is 17.7 Å². The van der Waals surface area contributed by atoms with E-state index in [-0.39, 0.29) is 23.0 Å². The van der Waals surface area contributed by atoms with E-state index in [4.69, 9.17) is 23.2 Å². The maximum atomic E-state index is 12.4. The van der Waals surface area contributed by atoms with Crippen LogP contribution in [0.2, 0.25) is 10.3 Å².